The topological polar surface area (TPSA) is 74.6 Å². The van der Waals surface area contributed by atoms with Crippen LogP contribution in [0.1, 0.15) is 0 Å². The van der Waals surface area contributed by atoms with Crippen molar-refractivity contribution in [3.05, 3.63) is 0 Å². The number of aliphatic hydroxyl groups excluding tert-OH is 2. The minimum absolute atomic E-state index is 0.0682. The van der Waals surface area contributed by atoms with Gasteiger partial charge in [-0.2, -0.15) is 0 Å². The number of carbonyl (C=O) groups excluding carboxylic acids is 2. The van der Waals surface area contributed by atoms with Crippen LogP contribution in [0.15, 0.2) is 0 Å². The molecule has 9 heavy (non-hydrogen) atoms. The fourth-order valence-corrected chi connectivity index (χ4v) is 0.373. The Morgan fingerprint density at radius 2 is 2.00 bits per heavy atom. The first-order valence-electron chi connectivity index (χ1n) is 2.14. The van der Waals surface area contributed by atoms with Crippen molar-refractivity contribution in [3.8, 4) is 0 Å². The summed E-state index contributed by atoms with van der Waals surface area (Å²) in [5.41, 5.74) is 0. The third kappa shape index (κ3) is 2.59. The Morgan fingerprint density at radius 1 is 1.56 bits per heavy atom. The van der Waals surface area contributed by atoms with Gasteiger partial charge in [-0.05, 0) is 0 Å². The molecule has 0 aromatic heterocycles. The lowest BCUT2D eigenvalue weighted by Gasteiger charge is -2.05. The zero-order valence-corrected chi connectivity index (χ0v) is 5.28. The lowest BCUT2D eigenvalue weighted by atomic mass is 10.2. The molecule has 4 nitrogen and oxygen atoms in total. The normalized spacial score (nSPS) is 16.3. The minimum atomic E-state index is -1.70. The molecule has 2 unspecified atom stereocenters. The van der Waals surface area contributed by atoms with Gasteiger partial charge >= 0.3 is 0 Å². The van der Waals surface area contributed by atoms with Gasteiger partial charge in [0.05, 0.1) is 0 Å². The van der Waals surface area contributed by atoms with Crippen molar-refractivity contribution < 1.29 is 19.8 Å². The van der Waals surface area contributed by atoms with Crippen LogP contribution >= 0.6 is 12.6 Å². The summed E-state index contributed by atoms with van der Waals surface area (Å²) in [6.07, 6.45) is -3.29. The van der Waals surface area contributed by atoms with E-state index in [1.165, 1.54) is 0 Å². The van der Waals surface area contributed by atoms with Gasteiger partial charge < -0.3 is 15.0 Å². The monoisotopic (exact) mass is 150 g/mol. The van der Waals surface area contributed by atoms with E-state index in [2.05, 4.69) is 12.6 Å². The molecule has 0 aliphatic carbocycles. The fourth-order valence-electron chi connectivity index (χ4n) is 0.220. The molecule has 0 saturated heterocycles. The summed E-state index contributed by atoms with van der Waals surface area (Å²) in [6.45, 7) is 0. The van der Waals surface area contributed by atoms with Gasteiger partial charge in [0, 0.05) is 0 Å². The van der Waals surface area contributed by atoms with Gasteiger partial charge in [-0.1, -0.05) is 0 Å². The van der Waals surface area contributed by atoms with Crippen LogP contribution in [-0.2, 0) is 9.59 Å². The number of carbonyl (C=O) groups is 2. The Morgan fingerprint density at radius 3 is 2.11 bits per heavy atom. The molecule has 0 bridgehead atoms. The average molecular weight is 150 g/mol. The number of aliphatic hydroxyl groups is 2. The highest BCUT2D eigenvalue weighted by atomic mass is 32.1. The minimum Gasteiger partial charge on any atom is -0.382 e. The van der Waals surface area contributed by atoms with E-state index in [1.54, 1.807) is 0 Å². The Hall–Kier alpha value is -0.390. The maximum absolute atomic E-state index is 10.0. The van der Waals surface area contributed by atoms with Gasteiger partial charge in [0.15, 0.2) is 12.4 Å². The predicted octanol–water partition coefficient (Wildman–Crippen LogP) is -1.64. The quantitative estimate of drug-likeness (QED) is 0.333. The lowest BCUT2D eigenvalue weighted by Crippen LogP contribution is -2.32. The van der Waals surface area contributed by atoms with Crippen molar-refractivity contribution in [1.82, 2.24) is 0 Å². The highest BCUT2D eigenvalue weighted by Gasteiger charge is 2.19. The molecule has 5 heteroatoms. The van der Waals surface area contributed by atoms with E-state index >= 15 is 0 Å². The maximum Gasteiger partial charge on any atom is 0.217 e. The van der Waals surface area contributed by atoms with Crippen molar-refractivity contribution in [1.29, 1.82) is 0 Å². The number of thiol groups is 1. The van der Waals surface area contributed by atoms with Gasteiger partial charge in [0.2, 0.25) is 5.12 Å². The summed E-state index contributed by atoms with van der Waals surface area (Å²) in [5, 5.41) is 16.0. The summed E-state index contributed by atoms with van der Waals surface area (Å²) >= 11 is 3.18. The molecule has 0 spiro atoms. The van der Waals surface area contributed by atoms with Gasteiger partial charge in [-0.15, -0.1) is 12.6 Å². The van der Waals surface area contributed by atoms with Gasteiger partial charge in [-0.3, -0.25) is 4.79 Å². The number of hydrogen-bond acceptors (Lipinski definition) is 4. The van der Waals surface area contributed by atoms with Gasteiger partial charge in [-0.25, -0.2) is 0 Å². The van der Waals surface area contributed by atoms with E-state index in [0.717, 1.165) is 0 Å². The van der Waals surface area contributed by atoms with Crippen LogP contribution in [-0.4, -0.2) is 33.8 Å². The van der Waals surface area contributed by atoms with E-state index in [4.69, 9.17) is 10.2 Å². The molecule has 2 atom stereocenters. The molecule has 52 valence electrons. The van der Waals surface area contributed by atoms with E-state index in [-0.39, 0.29) is 6.29 Å². The summed E-state index contributed by atoms with van der Waals surface area (Å²) in [7, 11) is 0. The molecule has 0 aliphatic rings. The van der Waals surface area contributed by atoms with Crippen LogP contribution in [0.2, 0.25) is 0 Å². The van der Waals surface area contributed by atoms with Crippen LogP contribution in [0.25, 0.3) is 0 Å². The van der Waals surface area contributed by atoms with E-state index < -0.39 is 17.3 Å². The first kappa shape index (κ1) is 8.61. The van der Waals surface area contributed by atoms with Crippen molar-refractivity contribution in [3.63, 3.8) is 0 Å². The van der Waals surface area contributed by atoms with Crippen LogP contribution < -0.4 is 0 Å². The third-order valence-electron chi connectivity index (χ3n) is 0.716. The smallest absolute Gasteiger partial charge is 0.217 e. The molecule has 0 saturated carbocycles. The number of rotatable bonds is 3. The zero-order valence-electron chi connectivity index (χ0n) is 4.39. The number of hydrogen-bond donors (Lipinski definition) is 3. The standard InChI is InChI=1S/C4H6O4S/c5-1-2(6)3(7)4(8)9/h1-3,6-7H,(H,8,9). The van der Waals surface area contributed by atoms with E-state index in [9.17, 15) is 9.59 Å². The maximum atomic E-state index is 10.0. The molecular formula is C4H6O4S. The average Bonchev–Trinajstić information content (AvgIpc) is 1.84. The predicted molar refractivity (Wildman–Crippen MR) is 32.1 cm³/mol. The Kier molecular flexibility index (Phi) is 3.44. The second-order valence-electron chi connectivity index (χ2n) is 1.41. The summed E-state index contributed by atoms with van der Waals surface area (Å²) in [6, 6.07) is 0. The molecular weight excluding hydrogens is 144 g/mol. The van der Waals surface area contributed by atoms with Crippen LogP contribution in [0.5, 0.6) is 0 Å². The van der Waals surface area contributed by atoms with Crippen molar-refractivity contribution in [2.45, 2.75) is 12.2 Å². The molecule has 0 aliphatic heterocycles. The molecule has 2 N–H and O–H groups in total. The molecule has 0 aromatic rings. The number of aldehydes is 1. The lowest BCUT2D eigenvalue weighted by molar-refractivity contribution is -0.131. The van der Waals surface area contributed by atoms with Crippen LogP contribution in [0.3, 0.4) is 0 Å². The second kappa shape index (κ2) is 3.60. The van der Waals surface area contributed by atoms with Crippen LogP contribution in [0.4, 0.5) is 0 Å². The Balaban J connectivity index is 3.86. The summed E-state index contributed by atoms with van der Waals surface area (Å²) in [4.78, 5) is 19.7. The SMILES string of the molecule is O=CC(O)C(O)C(=O)S. The molecule has 0 rings (SSSR count). The highest BCUT2D eigenvalue weighted by molar-refractivity contribution is 7.96. The first-order valence-corrected chi connectivity index (χ1v) is 2.58. The van der Waals surface area contributed by atoms with Gasteiger partial charge in [0.1, 0.15) is 6.10 Å². The summed E-state index contributed by atoms with van der Waals surface area (Å²) < 4.78 is 0. The Bertz CT molecular complexity index is 124. The van der Waals surface area contributed by atoms with Crippen LogP contribution in [0, 0.1) is 0 Å². The Labute approximate surface area is 56.9 Å². The first-order chi connectivity index (χ1) is 4.09. The molecule has 0 amide bonds. The van der Waals surface area contributed by atoms with Gasteiger partial charge in [0.25, 0.3) is 0 Å². The van der Waals surface area contributed by atoms with E-state index in [1.807, 2.05) is 0 Å². The zero-order chi connectivity index (χ0) is 7.44. The molecule has 0 aromatic carbocycles. The molecule has 0 heterocycles. The summed E-state index contributed by atoms with van der Waals surface area (Å²) in [5.74, 6) is 0. The molecule has 0 fully saturated rings. The second-order valence-corrected chi connectivity index (χ2v) is 1.85. The highest BCUT2D eigenvalue weighted by Crippen LogP contribution is 1.94. The fraction of sp³-hybridized carbons (Fsp3) is 0.500. The van der Waals surface area contributed by atoms with Crippen molar-refractivity contribution in [2.24, 2.45) is 0 Å². The van der Waals surface area contributed by atoms with E-state index in [0.29, 0.717) is 0 Å². The largest absolute Gasteiger partial charge is 0.382 e. The van der Waals surface area contributed by atoms with Crippen molar-refractivity contribution >= 4 is 24.0 Å². The molecule has 0 radical (unpaired) electrons. The van der Waals surface area contributed by atoms with Crippen molar-refractivity contribution in [2.75, 3.05) is 0 Å². The third-order valence-corrected chi connectivity index (χ3v) is 0.980.